The molecule has 0 saturated carbocycles. The normalized spacial score (nSPS) is 10.8. The minimum Gasteiger partial charge on any atom is -0.495 e. The zero-order chi connectivity index (χ0) is 21.4. The molecule has 0 bridgehead atoms. The van der Waals surface area contributed by atoms with Crippen molar-refractivity contribution in [2.75, 3.05) is 17.7 Å². The van der Waals surface area contributed by atoms with Crippen molar-refractivity contribution in [2.45, 2.75) is 20.3 Å². The molecule has 0 aromatic heterocycles. The van der Waals surface area contributed by atoms with Crippen LogP contribution >= 0.6 is 11.6 Å². The van der Waals surface area contributed by atoms with E-state index in [4.69, 9.17) is 16.3 Å². The number of carbonyl (C=O) groups excluding carboxylic acids is 3. The van der Waals surface area contributed by atoms with Crippen molar-refractivity contribution in [2.24, 2.45) is 5.10 Å². The Morgan fingerprint density at radius 2 is 1.79 bits per heavy atom. The molecule has 0 radical (unpaired) electrons. The highest BCUT2D eigenvalue weighted by atomic mass is 35.5. The maximum Gasteiger partial charge on any atom is 0.329 e. The van der Waals surface area contributed by atoms with E-state index < -0.39 is 11.8 Å². The number of carbonyl (C=O) groups is 3. The average Bonchev–Trinajstić information content (AvgIpc) is 2.69. The van der Waals surface area contributed by atoms with E-state index in [1.165, 1.54) is 7.11 Å². The van der Waals surface area contributed by atoms with Crippen LogP contribution in [-0.4, -0.2) is 30.5 Å². The van der Waals surface area contributed by atoms with Crippen LogP contribution in [0.2, 0.25) is 5.02 Å². The third kappa shape index (κ3) is 6.62. The third-order valence-corrected chi connectivity index (χ3v) is 4.19. The van der Waals surface area contributed by atoms with Gasteiger partial charge in [-0.15, -0.1) is 0 Å². The second-order valence-corrected chi connectivity index (χ2v) is 6.54. The standard InChI is InChI=1S/C20H21ClN4O4/c1-12-8-9-14(11-15(12)21)22-19(27)20(28)25-24-13(2)10-18(26)23-16-6-4-5-7-17(16)29-3/h4-9,11H,10H2,1-3H3,(H,22,27)(H,23,26)(H,25,28)/b24-13+. The Bertz CT molecular complexity index is 959. The molecule has 0 unspecified atom stereocenters. The number of halogens is 1. The van der Waals surface area contributed by atoms with Gasteiger partial charge in [-0.2, -0.15) is 5.10 Å². The molecule has 0 saturated heterocycles. The second kappa shape index (κ2) is 10.2. The van der Waals surface area contributed by atoms with E-state index in [-0.39, 0.29) is 12.3 Å². The fourth-order valence-electron chi connectivity index (χ4n) is 2.27. The van der Waals surface area contributed by atoms with Gasteiger partial charge < -0.3 is 15.4 Å². The summed E-state index contributed by atoms with van der Waals surface area (Å²) in [7, 11) is 1.50. The lowest BCUT2D eigenvalue weighted by Gasteiger charge is -2.09. The minimum atomic E-state index is -0.966. The number of nitrogens with one attached hydrogen (secondary N) is 3. The van der Waals surface area contributed by atoms with Gasteiger partial charge in [-0.05, 0) is 43.7 Å². The van der Waals surface area contributed by atoms with Crippen LogP contribution in [0.3, 0.4) is 0 Å². The molecule has 2 rings (SSSR count). The summed E-state index contributed by atoms with van der Waals surface area (Å²) in [6.45, 7) is 3.38. The van der Waals surface area contributed by atoms with Crippen LogP contribution in [0.25, 0.3) is 0 Å². The van der Waals surface area contributed by atoms with Crippen LogP contribution < -0.4 is 20.8 Å². The fourth-order valence-corrected chi connectivity index (χ4v) is 2.45. The Balaban J connectivity index is 1.87. The van der Waals surface area contributed by atoms with Crippen LogP contribution in [-0.2, 0) is 14.4 Å². The number of anilines is 2. The van der Waals surface area contributed by atoms with E-state index in [0.29, 0.717) is 27.9 Å². The average molecular weight is 417 g/mol. The molecule has 152 valence electrons. The molecule has 0 atom stereocenters. The van der Waals surface area contributed by atoms with Crippen molar-refractivity contribution < 1.29 is 19.1 Å². The van der Waals surface area contributed by atoms with Gasteiger partial charge in [0.25, 0.3) is 0 Å². The van der Waals surface area contributed by atoms with Crippen LogP contribution in [0.15, 0.2) is 47.6 Å². The summed E-state index contributed by atoms with van der Waals surface area (Å²) >= 11 is 5.99. The molecule has 9 heteroatoms. The van der Waals surface area contributed by atoms with Gasteiger partial charge in [0.2, 0.25) is 5.91 Å². The van der Waals surface area contributed by atoms with Crippen LogP contribution in [0.1, 0.15) is 18.9 Å². The number of hydrazone groups is 1. The first kappa shape index (κ1) is 21.9. The van der Waals surface area contributed by atoms with Crippen molar-refractivity contribution in [3.63, 3.8) is 0 Å². The fraction of sp³-hybridized carbons (Fsp3) is 0.200. The van der Waals surface area contributed by atoms with Gasteiger partial charge in [-0.3, -0.25) is 14.4 Å². The zero-order valence-corrected chi connectivity index (χ0v) is 17.0. The smallest absolute Gasteiger partial charge is 0.329 e. The monoisotopic (exact) mass is 416 g/mol. The van der Waals surface area contributed by atoms with Gasteiger partial charge >= 0.3 is 11.8 Å². The number of para-hydroxylation sites is 2. The number of aryl methyl sites for hydroxylation is 1. The molecule has 0 heterocycles. The van der Waals surface area contributed by atoms with Crippen molar-refractivity contribution >= 4 is 46.4 Å². The topological polar surface area (TPSA) is 109 Å². The predicted molar refractivity (Wildman–Crippen MR) is 112 cm³/mol. The summed E-state index contributed by atoms with van der Waals surface area (Å²) in [5.41, 5.74) is 4.19. The molecule has 2 aromatic carbocycles. The lowest BCUT2D eigenvalue weighted by molar-refractivity contribution is -0.136. The molecule has 8 nitrogen and oxygen atoms in total. The molecule has 0 aliphatic heterocycles. The highest BCUT2D eigenvalue weighted by Gasteiger charge is 2.14. The maximum absolute atomic E-state index is 12.1. The lowest BCUT2D eigenvalue weighted by Crippen LogP contribution is -2.33. The van der Waals surface area contributed by atoms with Crippen molar-refractivity contribution in [1.82, 2.24) is 5.43 Å². The highest BCUT2D eigenvalue weighted by Crippen LogP contribution is 2.23. The van der Waals surface area contributed by atoms with Gasteiger partial charge in [0.05, 0.1) is 19.2 Å². The Morgan fingerprint density at radius 1 is 1.07 bits per heavy atom. The summed E-state index contributed by atoms with van der Waals surface area (Å²) in [6, 6.07) is 11.9. The second-order valence-electron chi connectivity index (χ2n) is 6.13. The van der Waals surface area contributed by atoms with Gasteiger partial charge in [-0.25, -0.2) is 5.43 Å². The van der Waals surface area contributed by atoms with E-state index in [2.05, 4.69) is 21.2 Å². The van der Waals surface area contributed by atoms with Gasteiger partial charge in [0.15, 0.2) is 0 Å². The Kier molecular flexibility index (Phi) is 7.73. The SMILES string of the molecule is COc1ccccc1NC(=O)C/C(C)=N/NC(=O)C(=O)Nc1ccc(C)c(Cl)c1. The summed E-state index contributed by atoms with van der Waals surface area (Å²) in [6.07, 6.45) is -0.0759. The molecule has 0 spiro atoms. The number of amides is 3. The molecule has 3 amide bonds. The highest BCUT2D eigenvalue weighted by molar-refractivity contribution is 6.40. The first-order chi connectivity index (χ1) is 13.8. The van der Waals surface area contributed by atoms with E-state index >= 15 is 0 Å². The van der Waals surface area contributed by atoms with Crippen LogP contribution in [0.4, 0.5) is 11.4 Å². The van der Waals surface area contributed by atoms with E-state index in [9.17, 15) is 14.4 Å². The number of nitrogens with zero attached hydrogens (tertiary/aromatic N) is 1. The number of methoxy groups -OCH3 is 1. The summed E-state index contributed by atoms with van der Waals surface area (Å²) in [5.74, 6) is -1.69. The van der Waals surface area contributed by atoms with E-state index in [1.54, 1.807) is 49.4 Å². The van der Waals surface area contributed by atoms with Crippen molar-refractivity contribution in [3.05, 3.63) is 53.1 Å². The number of hydrogen-bond acceptors (Lipinski definition) is 5. The Hall–Kier alpha value is -3.39. The van der Waals surface area contributed by atoms with Crippen LogP contribution in [0, 0.1) is 6.92 Å². The third-order valence-electron chi connectivity index (χ3n) is 3.78. The van der Waals surface area contributed by atoms with E-state index in [1.807, 2.05) is 6.92 Å². The number of ether oxygens (including phenoxy) is 1. The first-order valence-electron chi connectivity index (χ1n) is 8.63. The quantitative estimate of drug-likeness (QED) is 0.382. The summed E-state index contributed by atoms with van der Waals surface area (Å²) in [5, 5.41) is 9.37. The molecular formula is C20H21ClN4O4. The van der Waals surface area contributed by atoms with Crippen molar-refractivity contribution in [3.8, 4) is 5.75 Å². The number of rotatable bonds is 6. The number of hydrogen-bond donors (Lipinski definition) is 3. The van der Waals surface area contributed by atoms with Crippen molar-refractivity contribution in [1.29, 1.82) is 0 Å². The van der Waals surface area contributed by atoms with Crippen LogP contribution in [0.5, 0.6) is 5.75 Å². The van der Waals surface area contributed by atoms with Gasteiger partial charge in [0, 0.05) is 16.4 Å². The predicted octanol–water partition coefficient (Wildman–Crippen LogP) is 3.12. The Morgan fingerprint density at radius 3 is 2.48 bits per heavy atom. The molecular weight excluding hydrogens is 396 g/mol. The summed E-state index contributed by atoms with van der Waals surface area (Å²) in [4.78, 5) is 35.9. The maximum atomic E-state index is 12.1. The largest absolute Gasteiger partial charge is 0.495 e. The molecule has 0 aliphatic rings. The number of benzene rings is 2. The van der Waals surface area contributed by atoms with Gasteiger partial charge in [0.1, 0.15) is 5.75 Å². The molecule has 3 N–H and O–H groups in total. The minimum absolute atomic E-state index is 0.0759. The Labute approximate surface area is 173 Å². The first-order valence-corrected chi connectivity index (χ1v) is 9.01. The summed E-state index contributed by atoms with van der Waals surface area (Å²) < 4.78 is 5.16. The molecule has 29 heavy (non-hydrogen) atoms. The van der Waals surface area contributed by atoms with Gasteiger partial charge in [-0.1, -0.05) is 29.8 Å². The van der Waals surface area contributed by atoms with E-state index in [0.717, 1.165) is 5.56 Å². The lowest BCUT2D eigenvalue weighted by atomic mass is 10.2. The molecule has 0 fully saturated rings. The molecule has 0 aliphatic carbocycles. The zero-order valence-electron chi connectivity index (χ0n) is 16.2. The molecule has 2 aromatic rings.